The highest BCUT2D eigenvalue weighted by molar-refractivity contribution is 5.35. The lowest BCUT2D eigenvalue weighted by Crippen LogP contribution is -2.14. The summed E-state index contributed by atoms with van der Waals surface area (Å²) in [7, 11) is 0. The summed E-state index contributed by atoms with van der Waals surface area (Å²) >= 11 is 0. The average Bonchev–Trinajstić information content (AvgIpc) is 2.79. The lowest BCUT2D eigenvalue weighted by molar-refractivity contribution is 0.302. The van der Waals surface area contributed by atoms with E-state index in [1.165, 1.54) is 80.9 Å². The molecule has 2 aromatic rings. The van der Waals surface area contributed by atoms with Crippen molar-refractivity contribution in [1.29, 1.82) is 0 Å². The van der Waals surface area contributed by atoms with Crippen LogP contribution in [0.4, 0.5) is 4.39 Å². The summed E-state index contributed by atoms with van der Waals surface area (Å²) in [5, 5.41) is 0. The normalized spacial score (nSPS) is 23.9. The maximum absolute atomic E-state index is 13.5. The predicted molar refractivity (Wildman–Crippen MR) is 126 cm³/mol. The quantitative estimate of drug-likeness (QED) is 0.384. The van der Waals surface area contributed by atoms with Gasteiger partial charge in [-0.25, -0.2) is 4.39 Å². The van der Waals surface area contributed by atoms with E-state index in [4.69, 9.17) is 0 Å². The van der Waals surface area contributed by atoms with Crippen molar-refractivity contribution in [3.8, 4) is 0 Å². The zero-order valence-electron chi connectivity index (χ0n) is 18.8. The van der Waals surface area contributed by atoms with Crippen LogP contribution in [-0.4, -0.2) is 0 Å². The second-order valence-corrected chi connectivity index (χ2v) is 9.94. The maximum Gasteiger partial charge on any atom is 0.123 e. The van der Waals surface area contributed by atoms with Crippen LogP contribution in [0.3, 0.4) is 0 Å². The standard InChI is InChI=1S/C29H39F/c1-2-3-4-5-6-7-22-8-10-23(11-9-22)24-12-14-25(15-13-24)26-16-17-28-21-29(30)19-18-27(28)20-26/h12-15,18-19,21-23,26H,2-11,16-17,20H2,1H3. The molecule has 4 rings (SSSR count). The molecular formula is C29H39F. The van der Waals surface area contributed by atoms with Crippen molar-refractivity contribution in [1.82, 2.24) is 0 Å². The van der Waals surface area contributed by atoms with E-state index in [1.807, 2.05) is 6.07 Å². The van der Waals surface area contributed by atoms with E-state index in [0.717, 1.165) is 31.1 Å². The van der Waals surface area contributed by atoms with Crippen LogP contribution in [0.2, 0.25) is 0 Å². The summed E-state index contributed by atoms with van der Waals surface area (Å²) in [6, 6.07) is 14.9. The van der Waals surface area contributed by atoms with Crippen LogP contribution in [-0.2, 0) is 12.8 Å². The van der Waals surface area contributed by atoms with Crippen LogP contribution in [0, 0.1) is 11.7 Å². The Kier molecular flexibility index (Phi) is 7.63. The Balaban J connectivity index is 1.26. The lowest BCUT2D eigenvalue weighted by atomic mass is 9.76. The smallest absolute Gasteiger partial charge is 0.123 e. The number of rotatable bonds is 8. The first-order valence-corrected chi connectivity index (χ1v) is 12.6. The number of benzene rings is 2. The molecule has 0 heterocycles. The van der Waals surface area contributed by atoms with Crippen molar-refractivity contribution < 1.29 is 4.39 Å². The van der Waals surface area contributed by atoms with Crippen molar-refractivity contribution >= 4 is 0 Å². The van der Waals surface area contributed by atoms with Crippen LogP contribution in [0.1, 0.15) is 112 Å². The molecule has 1 saturated carbocycles. The van der Waals surface area contributed by atoms with E-state index in [2.05, 4.69) is 31.2 Å². The molecule has 0 saturated heterocycles. The molecule has 1 atom stereocenters. The van der Waals surface area contributed by atoms with Gasteiger partial charge in [0, 0.05) is 0 Å². The molecular weight excluding hydrogens is 367 g/mol. The van der Waals surface area contributed by atoms with Gasteiger partial charge in [0.25, 0.3) is 0 Å². The Morgan fingerprint density at radius 1 is 0.733 bits per heavy atom. The first-order chi connectivity index (χ1) is 14.7. The predicted octanol–water partition coefficient (Wildman–Crippen LogP) is 8.73. The zero-order chi connectivity index (χ0) is 20.8. The van der Waals surface area contributed by atoms with Gasteiger partial charge in [0.15, 0.2) is 0 Å². The molecule has 30 heavy (non-hydrogen) atoms. The largest absolute Gasteiger partial charge is 0.207 e. The number of fused-ring (bicyclic) bond motifs is 1. The summed E-state index contributed by atoms with van der Waals surface area (Å²) < 4.78 is 13.5. The Labute approximate surface area is 183 Å². The highest BCUT2D eigenvalue weighted by Gasteiger charge is 2.23. The molecule has 1 heteroatoms. The first kappa shape index (κ1) is 21.6. The summed E-state index contributed by atoms with van der Waals surface area (Å²) in [6.45, 7) is 2.30. The van der Waals surface area contributed by atoms with Gasteiger partial charge in [-0.2, -0.15) is 0 Å². The van der Waals surface area contributed by atoms with Crippen LogP contribution >= 0.6 is 0 Å². The molecule has 2 aromatic carbocycles. The molecule has 0 spiro atoms. The molecule has 2 aliphatic rings. The Morgan fingerprint density at radius 2 is 1.43 bits per heavy atom. The molecule has 0 radical (unpaired) electrons. The average molecular weight is 407 g/mol. The number of unbranched alkanes of at least 4 members (excludes halogenated alkanes) is 4. The summed E-state index contributed by atoms with van der Waals surface area (Å²) in [6.07, 6.45) is 17.3. The number of hydrogen-bond donors (Lipinski definition) is 0. The van der Waals surface area contributed by atoms with E-state index in [-0.39, 0.29) is 5.82 Å². The minimum atomic E-state index is -0.0947. The van der Waals surface area contributed by atoms with Crippen molar-refractivity contribution in [2.24, 2.45) is 5.92 Å². The van der Waals surface area contributed by atoms with Crippen molar-refractivity contribution in [2.45, 2.75) is 102 Å². The van der Waals surface area contributed by atoms with Gasteiger partial charge < -0.3 is 0 Å². The minimum absolute atomic E-state index is 0.0947. The fourth-order valence-electron chi connectivity index (χ4n) is 5.87. The zero-order valence-corrected chi connectivity index (χ0v) is 18.8. The number of hydrogen-bond acceptors (Lipinski definition) is 0. The van der Waals surface area contributed by atoms with Gasteiger partial charge >= 0.3 is 0 Å². The molecule has 1 unspecified atom stereocenters. The van der Waals surface area contributed by atoms with Crippen molar-refractivity contribution in [3.63, 3.8) is 0 Å². The molecule has 0 aliphatic heterocycles. The topological polar surface area (TPSA) is 0 Å². The Bertz CT molecular complexity index is 783. The molecule has 0 amide bonds. The molecule has 1 fully saturated rings. The third-order valence-electron chi connectivity index (χ3n) is 7.84. The molecule has 0 bridgehead atoms. The van der Waals surface area contributed by atoms with Gasteiger partial charge in [-0.05, 0) is 97.1 Å². The molecule has 0 nitrogen and oxygen atoms in total. The Hall–Kier alpha value is -1.63. The van der Waals surface area contributed by atoms with Gasteiger partial charge in [0.05, 0.1) is 0 Å². The second kappa shape index (κ2) is 10.6. The van der Waals surface area contributed by atoms with Crippen LogP contribution in [0.25, 0.3) is 0 Å². The Morgan fingerprint density at radius 3 is 2.17 bits per heavy atom. The van der Waals surface area contributed by atoms with Gasteiger partial charge in [0.2, 0.25) is 0 Å². The molecule has 0 aromatic heterocycles. The molecule has 0 N–H and O–H groups in total. The van der Waals surface area contributed by atoms with E-state index >= 15 is 0 Å². The minimum Gasteiger partial charge on any atom is -0.207 e. The highest BCUT2D eigenvalue weighted by Crippen LogP contribution is 2.39. The van der Waals surface area contributed by atoms with E-state index < -0.39 is 0 Å². The van der Waals surface area contributed by atoms with Gasteiger partial charge in [-0.1, -0.05) is 75.8 Å². The second-order valence-electron chi connectivity index (χ2n) is 9.94. The lowest BCUT2D eigenvalue weighted by Gasteiger charge is -2.29. The monoisotopic (exact) mass is 406 g/mol. The summed E-state index contributed by atoms with van der Waals surface area (Å²) in [4.78, 5) is 0. The summed E-state index contributed by atoms with van der Waals surface area (Å²) in [5.74, 6) is 2.24. The third-order valence-corrected chi connectivity index (χ3v) is 7.84. The van der Waals surface area contributed by atoms with Gasteiger partial charge in [-0.15, -0.1) is 0 Å². The van der Waals surface area contributed by atoms with Crippen molar-refractivity contribution in [2.75, 3.05) is 0 Å². The SMILES string of the molecule is CCCCCCCC1CCC(c2ccc(C3CCc4cc(F)ccc4C3)cc2)CC1. The fourth-order valence-corrected chi connectivity index (χ4v) is 5.87. The van der Waals surface area contributed by atoms with Crippen LogP contribution in [0.5, 0.6) is 0 Å². The van der Waals surface area contributed by atoms with Crippen LogP contribution < -0.4 is 0 Å². The van der Waals surface area contributed by atoms with Gasteiger partial charge in [0.1, 0.15) is 5.82 Å². The highest BCUT2D eigenvalue weighted by atomic mass is 19.1. The summed E-state index contributed by atoms with van der Waals surface area (Å²) in [5.41, 5.74) is 5.57. The van der Waals surface area contributed by atoms with Crippen molar-refractivity contribution in [3.05, 3.63) is 70.5 Å². The van der Waals surface area contributed by atoms with E-state index in [9.17, 15) is 4.39 Å². The molecule has 2 aliphatic carbocycles. The maximum atomic E-state index is 13.5. The van der Waals surface area contributed by atoms with E-state index in [0.29, 0.717) is 5.92 Å². The molecule has 162 valence electrons. The first-order valence-electron chi connectivity index (χ1n) is 12.6. The fraction of sp³-hybridized carbons (Fsp3) is 0.586. The third kappa shape index (κ3) is 5.54. The van der Waals surface area contributed by atoms with E-state index in [1.54, 1.807) is 17.7 Å². The van der Waals surface area contributed by atoms with Gasteiger partial charge in [-0.3, -0.25) is 0 Å². The van der Waals surface area contributed by atoms with Crippen LogP contribution in [0.15, 0.2) is 42.5 Å². The number of halogens is 1. The number of aryl methyl sites for hydroxylation is 1.